The lowest BCUT2D eigenvalue weighted by molar-refractivity contribution is -0.141. The molecule has 4 N–H and O–H groups in total. The Hall–Kier alpha value is -3.65. The van der Waals surface area contributed by atoms with Crippen molar-refractivity contribution in [2.24, 2.45) is 5.92 Å². The van der Waals surface area contributed by atoms with Crippen LogP contribution in [-0.2, 0) is 4.79 Å². The number of rotatable bonds is 7. The van der Waals surface area contributed by atoms with Crippen LogP contribution < -0.4 is 16.0 Å². The summed E-state index contributed by atoms with van der Waals surface area (Å²) < 4.78 is 0. The number of hydrogen-bond acceptors (Lipinski definition) is 4. The van der Waals surface area contributed by atoms with Gasteiger partial charge in [-0.15, -0.1) is 0 Å². The first kappa shape index (κ1) is 25.4. The second-order valence-corrected chi connectivity index (χ2v) is 10.1. The molecule has 1 fully saturated rings. The molecule has 1 aliphatic carbocycles. The van der Waals surface area contributed by atoms with Crippen molar-refractivity contribution in [1.29, 1.82) is 0 Å². The summed E-state index contributed by atoms with van der Waals surface area (Å²) in [6, 6.07) is 11.5. The number of carboxylic acid groups (broad SMARTS) is 1. The van der Waals surface area contributed by atoms with Crippen LogP contribution in [0.5, 0.6) is 0 Å². The standard InChI is InChI=1S/C28H31N3O4S/c1-17-7-6-8-18(2)24(17)31-28(35)29-23-15-20(21-13-14-36-16-21)11-12-22(23)26(32)30-25(27(33)34)19-9-4-3-5-10-19/h6-8,11-16,19,25H,3-5,9-10H2,1-2H3,(H,30,32)(H,33,34)(H2,29,31,35). The van der Waals surface area contributed by atoms with E-state index < -0.39 is 23.9 Å². The lowest BCUT2D eigenvalue weighted by Crippen LogP contribution is -2.46. The van der Waals surface area contributed by atoms with Gasteiger partial charge in [-0.25, -0.2) is 9.59 Å². The van der Waals surface area contributed by atoms with Crippen LogP contribution in [-0.4, -0.2) is 29.1 Å². The Balaban J connectivity index is 1.61. The van der Waals surface area contributed by atoms with Gasteiger partial charge in [-0.2, -0.15) is 11.3 Å². The predicted octanol–water partition coefficient (Wildman–Crippen LogP) is 6.44. The van der Waals surface area contributed by atoms with Gasteiger partial charge in [0.2, 0.25) is 0 Å². The highest BCUT2D eigenvalue weighted by Crippen LogP contribution is 2.30. The third-order valence-electron chi connectivity index (χ3n) is 6.76. The van der Waals surface area contributed by atoms with E-state index in [4.69, 9.17) is 0 Å². The van der Waals surface area contributed by atoms with Gasteiger partial charge in [-0.1, -0.05) is 43.5 Å². The zero-order valence-corrected chi connectivity index (χ0v) is 21.3. The van der Waals surface area contributed by atoms with Crippen molar-refractivity contribution in [1.82, 2.24) is 5.32 Å². The molecule has 0 aliphatic heterocycles. The molecule has 8 heteroatoms. The number of urea groups is 1. The van der Waals surface area contributed by atoms with Gasteiger partial charge < -0.3 is 21.1 Å². The fraction of sp³-hybridized carbons (Fsp3) is 0.321. The molecule has 7 nitrogen and oxygen atoms in total. The van der Waals surface area contributed by atoms with Crippen LogP contribution in [0.1, 0.15) is 53.6 Å². The Labute approximate surface area is 214 Å². The zero-order chi connectivity index (χ0) is 25.7. The number of thiophene rings is 1. The summed E-state index contributed by atoms with van der Waals surface area (Å²) >= 11 is 1.55. The number of aryl methyl sites for hydroxylation is 2. The van der Waals surface area contributed by atoms with Gasteiger partial charge in [0.05, 0.1) is 11.3 Å². The van der Waals surface area contributed by atoms with Crippen LogP contribution in [0.15, 0.2) is 53.2 Å². The number of carbonyl (C=O) groups is 3. The SMILES string of the molecule is Cc1cccc(C)c1NC(=O)Nc1cc(-c2ccsc2)ccc1C(=O)NC(C(=O)O)C1CCCCC1. The molecule has 1 aliphatic rings. The van der Waals surface area contributed by atoms with Crippen LogP contribution >= 0.6 is 11.3 Å². The maximum atomic E-state index is 13.3. The average Bonchev–Trinajstić information content (AvgIpc) is 3.40. The van der Waals surface area contributed by atoms with Crippen molar-refractivity contribution in [3.05, 3.63) is 69.9 Å². The summed E-state index contributed by atoms with van der Waals surface area (Å²) in [6.07, 6.45) is 4.57. The number of nitrogens with one attached hydrogen (secondary N) is 3. The molecule has 1 atom stereocenters. The average molecular weight is 506 g/mol. The van der Waals surface area contributed by atoms with E-state index in [2.05, 4.69) is 16.0 Å². The molecular weight excluding hydrogens is 474 g/mol. The van der Waals surface area contributed by atoms with Gasteiger partial charge in [0.25, 0.3) is 5.91 Å². The van der Waals surface area contributed by atoms with E-state index in [0.29, 0.717) is 11.4 Å². The first-order valence-electron chi connectivity index (χ1n) is 12.2. The van der Waals surface area contributed by atoms with Gasteiger partial charge in [0, 0.05) is 5.69 Å². The van der Waals surface area contributed by atoms with Gasteiger partial charge in [-0.05, 0) is 83.8 Å². The number of para-hydroxylation sites is 1. The molecule has 3 amide bonds. The van der Waals surface area contributed by atoms with Gasteiger partial charge >= 0.3 is 12.0 Å². The first-order valence-corrected chi connectivity index (χ1v) is 13.1. The normalized spacial score (nSPS) is 14.6. The van der Waals surface area contributed by atoms with Crippen molar-refractivity contribution in [2.75, 3.05) is 10.6 Å². The molecule has 188 valence electrons. The van der Waals surface area contributed by atoms with E-state index in [1.165, 1.54) is 0 Å². The van der Waals surface area contributed by atoms with Crippen LogP contribution in [0.2, 0.25) is 0 Å². The van der Waals surface area contributed by atoms with E-state index in [9.17, 15) is 19.5 Å². The highest BCUT2D eigenvalue weighted by Gasteiger charge is 2.31. The highest BCUT2D eigenvalue weighted by molar-refractivity contribution is 7.08. The Morgan fingerprint density at radius 1 is 0.944 bits per heavy atom. The quantitative estimate of drug-likeness (QED) is 0.296. The Bertz CT molecular complexity index is 1230. The van der Waals surface area contributed by atoms with Crippen molar-refractivity contribution in [3.63, 3.8) is 0 Å². The molecule has 2 aromatic carbocycles. The molecule has 4 rings (SSSR count). The predicted molar refractivity (Wildman–Crippen MR) is 144 cm³/mol. The fourth-order valence-corrected chi connectivity index (χ4v) is 5.47. The molecule has 0 saturated heterocycles. The summed E-state index contributed by atoms with van der Waals surface area (Å²) in [5.41, 5.74) is 4.89. The largest absolute Gasteiger partial charge is 0.480 e. The van der Waals surface area contributed by atoms with E-state index in [0.717, 1.165) is 54.4 Å². The minimum atomic E-state index is -1.03. The second-order valence-electron chi connectivity index (χ2n) is 9.31. The monoisotopic (exact) mass is 505 g/mol. The van der Waals surface area contributed by atoms with Crippen molar-refractivity contribution in [3.8, 4) is 11.1 Å². The number of aliphatic carboxylic acids is 1. The molecule has 1 aromatic heterocycles. The topological polar surface area (TPSA) is 108 Å². The number of anilines is 2. The van der Waals surface area contributed by atoms with Gasteiger partial charge in [0.15, 0.2) is 0 Å². The Morgan fingerprint density at radius 3 is 2.31 bits per heavy atom. The summed E-state index contributed by atoms with van der Waals surface area (Å²) in [6.45, 7) is 3.83. The van der Waals surface area contributed by atoms with E-state index >= 15 is 0 Å². The van der Waals surface area contributed by atoms with Gasteiger partial charge in [0.1, 0.15) is 6.04 Å². The summed E-state index contributed by atoms with van der Waals surface area (Å²) in [5.74, 6) is -1.66. The van der Waals surface area contributed by atoms with Crippen molar-refractivity contribution >= 4 is 40.6 Å². The third-order valence-corrected chi connectivity index (χ3v) is 7.44. The zero-order valence-electron chi connectivity index (χ0n) is 20.5. The molecule has 1 saturated carbocycles. The Kier molecular flexibility index (Phi) is 8.05. The minimum Gasteiger partial charge on any atom is -0.480 e. The van der Waals surface area contributed by atoms with Crippen LogP contribution in [0.3, 0.4) is 0 Å². The van der Waals surface area contributed by atoms with Crippen molar-refractivity contribution in [2.45, 2.75) is 52.0 Å². The molecular formula is C28H31N3O4S. The molecule has 1 heterocycles. The molecule has 0 bridgehead atoms. The van der Waals surface area contributed by atoms with E-state index in [-0.39, 0.29) is 11.5 Å². The summed E-state index contributed by atoms with van der Waals surface area (Å²) in [7, 11) is 0. The number of amides is 3. The van der Waals surface area contributed by atoms with Crippen LogP contribution in [0.4, 0.5) is 16.2 Å². The Morgan fingerprint density at radius 2 is 1.67 bits per heavy atom. The number of hydrogen-bond donors (Lipinski definition) is 4. The van der Waals surface area contributed by atoms with Crippen LogP contribution in [0.25, 0.3) is 11.1 Å². The maximum absolute atomic E-state index is 13.3. The van der Waals surface area contributed by atoms with Gasteiger partial charge in [-0.3, -0.25) is 4.79 Å². The second kappa shape index (κ2) is 11.4. The lowest BCUT2D eigenvalue weighted by atomic mass is 9.83. The van der Waals surface area contributed by atoms with Crippen LogP contribution in [0, 0.1) is 19.8 Å². The smallest absolute Gasteiger partial charge is 0.326 e. The van der Waals surface area contributed by atoms with Crippen molar-refractivity contribution < 1.29 is 19.5 Å². The molecule has 36 heavy (non-hydrogen) atoms. The number of carboxylic acids is 1. The third kappa shape index (κ3) is 5.94. The first-order chi connectivity index (χ1) is 17.3. The highest BCUT2D eigenvalue weighted by atomic mass is 32.1. The number of benzene rings is 2. The molecule has 3 aromatic rings. The van der Waals surface area contributed by atoms with E-state index in [1.807, 2.05) is 54.9 Å². The number of carbonyl (C=O) groups excluding carboxylic acids is 2. The summed E-state index contributed by atoms with van der Waals surface area (Å²) in [4.78, 5) is 38.3. The molecule has 0 spiro atoms. The lowest BCUT2D eigenvalue weighted by Gasteiger charge is -2.28. The summed E-state index contributed by atoms with van der Waals surface area (Å²) in [5, 5.41) is 22.2. The molecule has 0 radical (unpaired) electrons. The molecule has 1 unspecified atom stereocenters. The van der Waals surface area contributed by atoms with E-state index in [1.54, 1.807) is 23.5 Å². The maximum Gasteiger partial charge on any atom is 0.326 e. The minimum absolute atomic E-state index is 0.103. The fourth-order valence-electron chi connectivity index (χ4n) is 4.80.